The lowest BCUT2D eigenvalue weighted by Crippen LogP contribution is -2.12. The fraction of sp³-hybridized carbons (Fsp3) is 0.300. The Hall–Kier alpha value is -1.02. The van der Waals surface area contributed by atoms with Crippen LogP contribution in [0.1, 0.15) is 24.8 Å². The molecule has 0 radical (unpaired) electrons. The number of halogens is 1. The predicted molar refractivity (Wildman–Crippen MR) is 58.6 cm³/mol. The van der Waals surface area contributed by atoms with Crippen LogP contribution in [0.15, 0.2) is 30.3 Å². The number of nitrogens with one attached hydrogen (secondary N) is 1. The Balaban J connectivity index is 0.00000144. The maximum absolute atomic E-state index is 7.15. The van der Waals surface area contributed by atoms with Crippen molar-refractivity contribution in [2.45, 2.75) is 19.3 Å². The van der Waals surface area contributed by atoms with Gasteiger partial charge in [0.2, 0.25) is 0 Å². The quantitative estimate of drug-likeness (QED) is 0.569. The first-order valence-corrected chi connectivity index (χ1v) is 4.08. The van der Waals surface area contributed by atoms with Crippen molar-refractivity contribution >= 4 is 18.2 Å². The van der Waals surface area contributed by atoms with Crippen molar-refractivity contribution < 1.29 is 0 Å². The molecule has 0 spiro atoms. The molecule has 13 heavy (non-hydrogen) atoms. The van der Waals surface area contributed by atoms with Gasteiger partial charge >= 0.3 is 0 Å². The number of benzene rings is 1. The second-order valence-electron chi connectivity index (χ2n) is 3.04. The van der Waals surface area contributed by atoms with Gasteiger partial charge in [-0.15, -0.1) is 12.4 Å². The molecular formula is C10H15ClN2. The topological polar surface area (TPSA) is 49.9 Å². The van der Waals surface area contributed by atoms with Crippen molar-refractivity contribution in [3.8, 4) is 0 Å². The van der Waals surface area contributed by atoms with Crippen molar-refractivity contribution in [3.05, 3.63) is 35.9 Å². The molecule has 72 valence electrons. The summed E-state index contributed by atoms with van der Waals surface area (Å²) in [6.07, 6.45) is 0.643. The monoisotopic (exact) mass is 198 g/mol. The lowest BCUT2D eigenvalue weighted by Gasteiger charge is -2.09. The lowest BCUT2D eigenvalue weighted by atomic mass is 9.98. The Bertz CT molecular complexity index is 259. The Kier molecular flexibility index (Phi) is 5.16. The van der Waals surface area contributed by atoms with E-state index in [9.17, 15) is 0 Å². The van der Waals surface area contributed by atoms with E-state index < -0.39 is 0 Å². The van der Waals surface area contributed by atoms with E-state index in [1.807, 2.05) is 18.2 Å². The Morgan fingerprint density at radius 3 is 2.38 bits per heavy atom. The van der Waals surface area contributed by atoms with E-state index in [0.29, 0.717) is 12.3 Å². The number of amidine groups is 1. The van der Waals surface area contributed by atoms with Gasteiger partial charge in [0.25, 0.3) is 0 Å². The molecule has 0 aromatic heterocycles. The zero-order valence-electron chi connectivity index (χ0n) is 7.66. The summed E-state index contributed by atoms with van der Waals surface area (Å²) in [5, 5.41) is 7.15. The lowest BCUT2D eigenvalue weighted by molar-refractivity contribution is 0.797. The van der Waals surface area contributed by atoms with E-state index in [-0.39, 0.29) is 18.2 Å². The van der Waals surface area contributed by atoms with E-state index in [0.717, 1.165) is 0 Å². The van der Waals surface area contributed by atoms with Gasteiger partial charge < -0.3 is 5.73 Å². The molecule has 0 aliphatic carbocycles. The fourth-order valence-corrected chi connectivity index (χ4v) is 1.23. The highest BCUT2D eigenvalue weighted by atomic mass is 35.5. The van der Waals surface area contributed by atoms with Crippen LogP contribution in [0.2, 0.25) is 0 Å². The first kappa shape index (κ1) is 12.0. The molecule has 1 atom stereocenters. The Morgan fingerprint density at radius 2 is 1.92 bits per heavy atom. The molecule has 3 heteroatoms. The minimum Gasteiger partial charge on any atom is -0.388 e. The van der Waals surface area contributed by atoms with Gasteiger partial charge in [-0.1, -0.05) is 37.3 Å². The summed E-state index contributed by atoms with van der Waals surface area (Å²) in [5.41, 5.74) is 6.56. The van der Waals surface area contributed by atoms with Crippen LogP contribution in [0, 0.1) is 5.41 Å². The van der Waals surface area contributed by atoms with Crippen LogP contribution in [-0.4, -0.2) is 5.84 Å². The summed E-state index contributed by atoms with van der Waals surface area (Å²) in [5.74, 6) is 0.607. The molecule has 0 fully saturated rings. The smallest absolute Gasteiger partial charge is 0.0911 e. The molecule has 0 amide bonds. The molecule has 3 N–H and O–H groups in total. The number of hydrogen-bond acceptors (Lipinski definition) is 1. The van der Waals surface area contributed by atoms with E-state index >= 15 is 0 Å². The second-order valence-corrected chi connectivity index (χ2v) is 3.04. The summed E-state index contributed by atoms with van der Waals surface area (Å²) in [4.78, 5) is 0. The highest BCUT2D eigenvalue weighted by molar-refractivity contribution is 5.85. The van der Waals surface area contributed by atoms with Crippen molar-refractivity contribution in [1.82, 2.24) is 0 Å². The Morgan fingerprint density at radius 1 is 1.38 bits per heavy atom. The molecule has 2 nitrogen and oxygen atoms in total. The van der Waals surface area contributed by atoms with Gasteiger partial charge in [-0.2, -0.15) is 0 Å². The van der Waals surface area contributed by atoms with Crippen LogP contribution < -0.4 is 5.73 Å². The highest BCUT2D eigenvalue weighted by Crippen LogP contribution is 2.17. The van der Waals surface area contributed by atoms with Crippen molar-refractivity contribution in [1.29, 1.82) is 5.41 Å². The summed E-state index contributed by atoms with van der Waals surface area (Å²) >= 11 is 0. The van der Waals surface area contributed by atoms with Crippen LogP contribution in [0.3, 0.4) is 0 Å². The maximum Gasteiger partial charge on any atom is 0.0911 e. The van der Waals surface area contributed by atoms with Gasteiger partial charge in [-0.25, -0.2) is 0 Å². The number of nitrogens with two attached hydrogens (primary N) is 1. The molecule has 1 aromatic rings. The van der Waals surface area contributed by atoms with Crippen LogP contribution >= 0.6 is 12.4 Å². The molecule has 0 saturated heterocycles. The standard InChI is InChI=1S/C10H14N2.ClH/c1-8(7-10(11)12)9-5-3-2-4-6-9;/h2-6,8H,7H2,1H3,(H3,11,12);1H. The summed E-state index contributed by atoms with van der Waals surface area (Å²) in [6.45, 7) is 2.08. The van der Waals surface area contributed by atoms with Gasteiger partial charge in [0.15, 0.2) is 0 Å². The zero-order valence-corrected chi connectivity index (χ0v) is 8.47. The van der Waals surface area contributed by atoms with Crippen LogP contribution in [-0.2, 0) is 0 Å². The van der Waals surface area contributed by atoms with E-state index in [1.165, 1.54) is 5.56 Å². The summed E-state index contributed by atoms with van der Waals surface area (Å²) in [7, 11) is 0. The van der Waals surface area contributed by atoms with Crippen molar-refractivity contribution in [3.63, 3.8) is 0 Å². The molecule has 0 aliphatic rings. The summed E-state index contributed by atoms with van der Waals surface area (Å²) < 4.78 is 0. The molecule has 1 aromatic carbocycles. The molecule has 0 saturated carbocycles. The van der Waals surface area contributed by atoms with E-state index in [4.69, 9.17) is 11.1 Å². The molecule has 1 rings (SSSR count). The van der Waals surface area contributed by atoms with Gasteiger partial charge in [0.05, 0.1) is 5.84 Å². The summed E-state index contributed by atoms with van der Waals surface area (Å²) in [6, 6.07) is 10.1. The third kappa shape index (κ3) is 3.95. The largest absolute Gasteiger partial charge is 0.388 e. The molecule has 0 heterocycles. The van der Waals surface area contributed by atoms with Gasteiger partial charge in [0.1, 0.15) is 0 Å². The van der Waals surface area contributed by atoms with Crippen LogP contribution in [0.5, 0.6) is 0 Å². The van der Waals surface area contributed by atoms with Crippen LogP contribution in [0.25, 0.3) is 0 Å². The molecular weight excluding hydrogens is 184 g/mol. The van der Waals surface area contributed by atoms with Gasteiger partial charge in [0, 0.05) is 6.42 Å². The highest BCUT2D eigenvalue weighted by Gasteiger charge is 2.04. The van der Waals surface area contributed by atoms with Crippen LogP contribution in [0.4, 0.5) is 0 Å². The predicted octanol–water partition coefficient (Wildman–Crippen LogP) is 2.54. The SMILES string of the molecule is CC(CC(=N)N)c1ccccc1.Cl. The Labute approximate surface area is 85.1 Å². The molecule has 0 bridgehead atoms. The average Bonchev–Trinajstić information content (AvgIpc) is 2.05. The normalized spacial score (nSPS) is 11.5. The minimum absolute atomic E-state index is 0. The van der Waals surface area contributed by atoms with Crippen molar-refractivity contribution in [2.75, 3.05) is 0 Å². The number of hydrogen-bond donors (Lipinski definition) is 2. The molecule has 1 unspecified atom stereocenters. The average molecular weight is 199 g/mol. The van der Waals surface area contributed by atoms with Gasteiger partial charge in [-0.05, 0) is 11.5 Å². The van der Waals surface area contributed by atoms with Crippen molar-refractivity contribution in [2.24, 2.45) is 5.73 Å². The first-order chi connectivity index (χ1) is 5.70. The second kappa shape index (κ2) is 5.60. The first-order valence-electron chi connectivity index (χ1n) is 4.08. The van der Waals surface area contributed by atoms with Gasteiger partial charge in [-0.3, -0.25) is 5.41 Å². The third-order valence-electron chi connectivity index (χ3n) is 1.89. The maximum atomic E-state index is 7.15. The fourth-order valence-electron chi connectivity index (χ4n) is 1.23. The third-order valence-corrected chi connectivity index (χ3v) is 1.89. The molecule has 0 aliphatic heterocycles. The minimum atomic E-state index is 0. The number of rotatable bonds is 3. The van der Waals surface area contributed by atoms with E-state index in [2.05, 4.69) is 19.1 Å². The van der Waals surface area contributed by atoms with E-state index in [1.54, 1.807) is 0 Å². The zero-order chi connectivity index (χ0) is 8.97.